The first-order valence-electron chi connectivity index (χ1n) is 23.1. The number of piperidine rings is 1. The zero-order valence-corrected chi connectivity index (χ0v) is 39.2. The van der Waals surface area contributed by atoms with Crippen molar-refractivity contribution in [3.8, 4) is 5.75 Å². The van der Waals surface area contributed by atoms with Crippen molar-refractivity contribution < 1.29 is 23.9 Å². The van der Waals surface area contributed by atoms with Crippen molar-refractivity contribution in [3.63, 3.8) is 0 Å². The number of hydrogen-bond acceptors (Lipinski definition) is 14. The van der Waals surface area contributed by atoms with Crippen molar-refractivity contribution in [2.45, 2.75) is 73.1 Å². The largest absolute Gasteiger partial charge is 0.491 e. The number of anilines is 2. The lowest BCUT2D eigenvalue weighted by Crippen LogP contribution is -2.53. The van der Waals surface area contributed by atoms with Gasteiger partial charge in [-0.3, -0.25) is 54.6 Å². The molecule has 0 atom stereocenters. The highest BCUT2D eigenvalue weighted by Gasteiger charge is 2.29. The van der Waals surface area contributed by atoms with Crippen molar-refractivity contribution in [2.75, 3.05) is 56.5 Å². The molecule has 9 N–H and O–H groups in total. The first kappa shape index (κ1) is 47.7. The Morgan fingerprint density at radius 2 is 1.42 bits per heavy atom. The second-order valence-corrected chi connectivity index (χ2v) is 17.1. The number of hydrogen-bond donors (Lipinski definition) is 7. The van der Waals surface area contributed by atoms with Gasteiger partial charge >= 0.3 is 0 Å². The minimum atomic E-state index is -0.675. The number of imidazole rings is 2. The fourth-order valence-electron chi connectivity index (χ4n) is 8.81. The molecule has 0 unspecified atom stereocenters. The van der Waals surface area contributed by atoms with Crippen LogP contribution in [-0.4, -0.2) is 135 Å². The lowest BCUT2D eigenvalue weighted by atomic mass is 9.94. The molecule has 2 fully saturated rings. The number of carbonyl (C=O) groups excluding carboxylic acids is 4. The summed E-state index contributed by atoms with van der Waals surface area (Å²) in [7, 11) is 0. The Balaban J connectivity index is 1.05. The molecule has 7 heterocycles. The highest BCUT2D eigenvalue weighted by molar-refractivity contribution is 6.05. The molecular formula is C46H58N18O5. The predicted molar refractivity (Wildman–Crippen MR) is 259 cm³/mol. The standard InChI is InChI=1S/C46H58N18O5/c1-5-63-34(20-27(3)57-63)43(67)55-45-53-32-22-30(40(49)65)24-36(69-19-9-13-59-16-10-29(11-17-59)39(48)60-18-12-51-26-37(60)47)38(32)61(45)14-7-8-15-62-42-33(23-31(25-52-42)41(50)66)54-46(62)56-44(68)35-21-28(4)58-64(35)6-2/h7-8,20-25,29,47-48,51H,5-6,9-19,26H2,1-4H3,(H2,49,65)(H2,50,66)(H,53,55,67)(H,54,56,68)/b8-7+,47-37?,48-39?. The number of primary amides is 2. The fraction of sp³-hybridized carbons (Fsp3) is 0.413. The molecule has 23 heteroatoms. The summed E-state index contributed by atoms with van der Waals surface area (Å²) in [4.78, 5) is 70.3. The van der Waals surface area contributed by atoms with E-state index in [1.807, 2.05) is 37.8 Å². The topological polar surface area (TPSA) is 304 Å². The molecule has 0 spiro atoms. The zero-order chi connectivity index (χ0) is 48.9. The summed E-state index contributed by atoms with van der Waals surface area (Å²) in [6.07, 6.45) is 7.38. The Bertz CT molecular complexity index is 2990. The maximum absolute atomic E-state index is 13.9. The van der Waals surface area contributed by atoms with Crippen molar-refractivity contribution >= 4 is 69.4 Å². The number of rotatable bonds is 18. The molecule has 2 aliphatic rings. The molecule has 23 nitrogen and oxygen atoms in total. The van der Waals surface area contributed by atoms with E-state index in [0.717, 1.165) is 39.0 Å². The summed E-state index contributed by atoms with van der Waals surface area (Å²) in [5, 5.41) is 34.9. The second-order valence-electron chi connectivity index (χ2n) is 17.1. The number of ether oxygens (including phenoxy) is 1. The van der Waals surface area contributed by atoms with Crippen LogP contribution in [0.3, 0.4) is 0 Å². The number of aryl methyl sites for hydroxylation is 4. The zero-order valence-electron chi connectivity index (χ0n) is 39.2. The van der Waals surface area contributed by atoms with E-state index in [9.17, 15) is 19.2 Å². The number of nitrogens with one attached hydrogen (secondary N) is 5. The highest BCUT2D eigenvalue weighted by atomic mass is 16.5. The van der Waals surface area contributed by atoms with Gasteiger partial charge in [0.25, 0.3) is 11.8 Å². The molecule has 0 radical (unpaired) electrons. The Kier molecular flexibility index (Phi) is 14.2. The lowest BCUT2D eigenvalue weighted by Gasteiger charge is -2.37. The van der Waals surface area contributed by atoms with Crippen LogP contribution in [0.1, 0.15) is 86.2 Å². The van der Waals surface area contributed by atoms with Crippen LogP contribution in [0.5, 0.6) is 5.75 Å². The van der Waals surface area contributed by atoms with Crippen LogP contribution in [0.2, 0.25) is 0 Å². The fourth-order valence-corrected chi connectivity index (χ4v) is 8.81. The van der Waals surface area contributed by atoms with Crippen LogP contribution in [0.25, 0.3) is 22.2 Å². The minimum absolute atomic E-state index is 0.109. The third-order valence-corrected chi connectivity index (χ3v) is 12.3. The third-order valence-electron chi connectivity index (χ3n) is 12.3. The summed E-state index contributed by atoms with van der Waals surface area (Å²) in [6.45, 7) is 13.2. The molecule has 0 saturated carbocycles. The molecule has 8 rings (SSSR count). The number of carbonyl (C=O) groups is 4. The Morgan fingerprint density at radius 1 is 0.826 bits per heavy atom. The normalized spacial score (nSPS) is 14.8. The summed E-state index contributed by atoms with van der Waals surface area (Å²) >= 11 is 0. The van der Waals surface area contributed by atoms with Gasteiger partial charge in [-0.25, -0.2) is 15.0 Å². The number of nitrogens with two attached hydrogens (primary N) is 2. The molecule has 1 aromatic carbocycles. The average Bonchev–Trinajstić information content (AvgIpc) is 4.10. The Hall–Kier alpha value is -7.79. The second kappa shape index (κ2) is 20.6. The first-order valence-corrected chi connectivity index (χ1v) is 23.1. The number of amidine groups is 2. The quantitative estimate of drug-likeness (QED) is 0.0282. The number of allylic oxidation sites excluding steroid dienone is 2. The van der Waals surface area contributed by atoms with Gasteiger partial charge in [0.15, 0.2) is 5.65 Å². The molecule has 0 bridgehead atoms. The molecule has 2 aliphatic heterocycles. The summed E-state index contributed by atoms with van der Waals surface area (Å²) < 4.78 is 13.1. The van der Waals surface area contributed by atoms with Gasteiger partial charge in [-0.1, -0.05) is 12.2 Å². The molecule has 2 saturated heterocycles. The smallest absolute Gasteiger partial charge is 0.276 e. The molecule has 362 valence electrons. The lowest BCUT2D eigenvalue weighted by molar-refractivity contribution is 0.0991. The van der Waals surface area contributed by atoms with Crippen LogP contribution in [0.4, 0.5) is 11.9 Å². The van der Waals surface area contributed by atoms with Gasteiger partial charge in [0, 0.05) is 63.5 Å². The van der Waals surface area contributed by atoms with E-state index >= 15 is 0 Å². The van der Waals surface area contributed by atoms with Gasteiger partial charge in [-0.05, 0) is 90.4 Å². The molecule has 69 heavy (non-hydrogen) atoms. The Labute approximate surface area is 397 Å². The SMILES string of the molecule is CCn1nc(C)cc1C(=O)Nc1nc2cc(C(N)=O)cnc2n1C/C=C/Cn1c(NC(=O)c2cc(C)nn2CC)nc2cc(C(N)=O)cc(OCCCN3CCC(C(=N)N4CCNCC4=N)CC3)c21. The summed E-state index contributed by atoms with van der Waals surface area (Å²) in [5.41, 5.74) is 15.4. The third kappa shape index (κ3) is 10.4. The van der Waals surface area contributed by atoms with E-state index in [1.165, 1.54) is 12.3 Å². The number of pyridine rings is 1. The van der Waals surface area contributed by atoms with Crippen molar-refractivity contribution in [1.82, 2.24) is 58.8 Å². The van der Waals surface area contributed by atoms with Gasteiger partial charge < -0.3 is 35.9 Å². The van der Waals surface area contributed by atoms with E-state index in [0.29, 0.717) is 102 Å². The first-order chi connectivity index (χ1) is 33.2. The van der Waals surface area contributed by atoms with Crippen molar-refractivity contribution in [1.29, 1.82) is 10.8 Å². The maximum Gasteiger partial charge on any atom is 0.276 e. The molecular weight excluding hydrogens is 885 g/mol. The van der Waals surface area contributed by atoms with E-state index in [1.54, 1.807) is 49.7 Å². The predicted octanol–water partition coefficient (Wildman–Crippen LogP) is 3.13. The van der Waals surface area contributed by atoms with E-state index in [4.69, 9.17) is 32.0 Å². The number of fused-ring (bicyclic) bond motifs is 2. The number of aromatic nitrogens is 9. The van der Waals surface area contributed by atoms with E-state index in [2.05, 4.69) is 41.0 Å². The molecule has 0 aliphatic carbocycles. The Morgan fingerprint density at radius 3 is 2.03 bits per heavy atom. The summed E-state index contributed by atoms with van der Waals surface area (Å²) in [5.74, 6) is -0.426. The average molecular weight is 943 g/mol. The van der Waals surface area contributed by atoms with Crippen LogP contribution in [0.15, 0.2) is 48.7 Å². The van der Waals surface area contributed by atoms with Crippen LogP contribution >= 0.6 is 0 Å². The number of likely N-dealkylation sites (tertiary alicyclic amines) is 1. The number of nitrogens with zero attached hydrogens (tertiary/aromatic N) is 11. The van der Waals surface area contributed by atoms with Crippen molar-refractivity contribution in [3.05, 3.63) is 82.6 Å². The number of amides is 4. The molecule has 4 amide bonds. The van der Waals surface area contributed by atoms with Crippen LogP contribution in [0, 0.1) is 30.6 Å². The summed E-state index contributed by atoms with van der Waals surface area (Å²) in [6, 6.07) is 8.04. The van der Waals surface area contributed by atoms with Gasteiger partial charge in [-0.2, -0.15) is 10.2 Å². The highest BCUT2D eigenvalue weighted by Crippen LogP contribution is 2.32. The number of benzene rings is 1. The van der Waals surface area contributed by atoms with Gasteiger partial charge in [0.05, 0.1) is 35.6 Å². The van der Waals surface area contributed by atoms with Crippen molar-refractivity contribution in [2.24, 2.45) is 17.4 Å². The van der Waals surface area contributed by atoms with E-state index in [-0.39, 0.29) is 42.0 Å². The van der Waals surface area contributed by atoms with Crippen LogP contribution in [-0.2, 0) is 26.2 Å². The molecule has 6 aromatic rings. The van der Waals surface area contributed by atoms with Gasteiger partial charge in [0.2, 0.25) is 23.7 Å². The maximum atomic E-state index is 13.9. The van der Waals surface area contributed by atoms with Gasteiger partial charge in [-0.15, -0.1) is 0 Å². The minimum Gasteiger partial charge on any atom is -0.491 e. The van der Waals surface area contributed by atoms with E-state index < -0.39 is 23.6 Å². The monoisotopic (exact) mass is 942 g/mol. The van der Waals surface area contributed by atoms with Crippen LogP contribution < -0.4 is 32.2 Å². The molecule has 5 aromatic heterocycles. The number of piperazine rings is 1. The van der Waals surface area contributed by atoms with Gasteiger partial charge in [0.1, 0.15) is 39.8 Å².